The number of nitrogens with one attached hydrogen (secondary N) is 1. The van der Waals surface area contributed by atoms with E-state index in [1.54, 1.807) is 0 Å². The van der Waals surface area contributed by atoms with Crippen LogP contribution in [0.4, 0.5) is 0 Å². The van der Waals surface area contributed by atoms with E-state index in [-0.39, 0.29) is 0 Å². The molecule has 1 aliphatic heterocycles. The van der Waals surface area contributed by atoms with Crippen LogP contribution in [0.2, 0.25) is 0 Å². The van der Waals surface area contributed by atoms with Crippen molar-refractivity contribution in [1.82, 2.24) is 5.32 Å². The zero-order valence-corrected chi connectivity index (χ0v) is 27.9. The van der Waals surface area contributed by atoms with E-state index in [1.165, 1.54) is 20.2 Å². The Bertz CT molecular complexity index is 3070. The molecule has 4 heterocycles. The first-order chi connectivity index (χ1) is 25.3. The van der Waals surface area contributed by atoms with Gasteiger partial charge in [0.25, 0.3) is 0 Å². The van der Waals surface area contributed by atoms with Gasteiger partial charge in [-0.15, -0.1) is 11.3 Å². The summed E-state index contributed by atoms with van der Waals surface area (Å²) in [6.07, 6.45) is -0.499. The maximum absolute atomic E-state index is 6.52. The molecule has 10 aromatic rings. The van der Waals surface area contributed by atoms with Gasteiger partial charge in [-0.2, -0.15) is 0 Å². The lowest BCUT2D eigenvalue weighted by atomic mass is 9.90. The molecule has 0 aliphatic carbocycles. The van der Waals surface area contributed by atoms with Crippen LogP contribution in [0.15, 0.2) is 170 Å². The van der Waals surface area contributed by atoms with E-state index >= 15 is 0 Å². The molecule has 0 amide bonds. The highest BCUT2D eigenvalue weighted by Crippen LogP contribution is 2.46. The minimum Gasteiger partial charge on any atom is -0.456 e. The van der Waals surface area contributed by atoms with Gasteiger partial charge in [0, 0.05) is 58.4 Å². The summed E-state index contributed by atoms with van der Waals surface area (Å²) in [5.74, 6) is 1.40. The van der Waals surface area contributed by atoms with Gasteiger partial charge in [0.2, 0.25) is 0 Å². The van der Waals surface area contributed by atoms with E-state index in [4.69, 9.17) is 18.8 Å². The molecular weight excluding hydrogens is 647 g/mol. The fourth-order valence-corrected chi connectivity index (χ4v) is 8.92. The lowest BCUT2D eigenvalue weighted by molar-refractivity contribution is 0.662. The van der Waals surface area contributed by atoms with Gasteiger partial charge in [-0.05, 0) is 47.5 Å². The third-order valence-corrected chi connectivity index (χ3v) is 11.1. The number of amidine groups is 2. The fourth-order valence-electron chi connectivity index (χ4n) is 7.79. The molecule has 0 radical (unpaired) electrons. The van der Waals surface area contributed by atoms with Crippen molar-refractivity contribution in [1.29, 1.82) is 0 Å². The lowest BCUT2D eigenvalue weighted by Gasteiger charge is -2.26. The second-order valence-electron chi connectivity index (χ2n) is 12.9. The highest BCUT2D eigenvalue weighted by molar-refractivity contribution is 7.25. The molecule has 51 heavy (non-hydrogen) atoms. The van der Waals surface area contributed by atoms with Crippen molar-refractivity contribution < 1.29 is 8.83 Å². The number of nitrogens with zero attached hydrogens (tertiary/aromatic N) is 2. The highest BCUT2D eigenvalue weighted by Gasteiger charge is 2.29. The third kappa shape index (κ3) is 4.33. The van der Waals surface area contributed by atoms with Crippen molar-refractivity contribution in [2.45, 2.75) is 6.17 Å². The molecule has 3 aromatic heterocycles. The van der Waals surface area contributed by atoms with E-state index in [2.05, 4.69) is 102 Å². The molecule has 240 valence electrons. The highest BCUT2D eigenvalue weighted by atomic mass is 32.1. The van der Waals surface area contributed by atoms with E-state index in [9.17, 15) is 0 Å². The Morgan fingerprint density at radius 3 is 1.92 bits per heavy atom. The minimum absolute atomic E-state index is 0.499. The maximum Gasteiger partial charge on any atom is 0.159 e. The van der Waals surface area contributed by atoms with Crippen LogP contribution >= 0.6 is 11.3 Å². The average molecular weight is 674 g/mol. The summed E-state index contributed by atoms with van der Waals surface area (Å²) < 4.78 is 15.4. The van der Waals surface area contributed by atoms with Gasteiger partial charge in [-0.1, -0.05) is 115 Å². The van der Waals surface area contributed by atoms with E-state index in [0.29, 0.717) is 5.84 Å². The zero-order chi connectivity index (χ0) is 33.5. The summed E-state index contributed by atoms with van der Waals surface area (Å²) in [7, 11) is 0. The van der Waals surface area contributed by atoms with Gasteiger partial charge < -0.3 is 14.2 Å². The molecule has 0 fully saturated rings. The number of fused-ring (bicyclic) bond motifs is 9. The molecule has 0 saturated carbocycles. The number of aliphatic imine (C=N–C) groups is 2. The molecule has 11 rings (SSSR count). The molecule has 1 aliphatic rings. The Labute approximate surface area is 295 Å². The summed E-state index contributed by atoms with van der Waals surface area (Å²) in [6, 6.07) is 52.5. The number of hydrogen-bond acceptors (Lipinski definition) is 6. The van der Waals surface area contributed by atoms with Crippen molar-refractivity contribution in [2.75, 3.05) is 0 Å². The third-order valence-electron chi connectivity index (χ3n) is 9.98. The molecule has 0 saturated heterocycles. The van der Waals surface area contributed by atoms with E-state index in [0.717, 1.165) is 77.5 Å². The Kier molecular flexibility index (Phi) is 6.12. The summed E-state index contributed by atoms with van der Waals surface area (Å²) in [5, 5.41) is 10.5. The van der Waals surface area contributed by atoms with Crippen molar-refractivity contribution in [3.8, 4) is 11.1 Å². The fraction of sp³-hybridized carbons (Fsp3) is 0.0222. The van der Waals surface area contributed by atoms with Gasteiger partial charge in [0.05, 0.1) is 0 Å². The predicted octanol–water partition coefficient (Wildman–Crippen LogP) is 12.0. The van der Waals surface area contributed by atoms with Crippen LogP contribution in [0, 0.1) is 0 Å². The van der Waals surface area contributed by atoms with Crippen molar-refractivity contribution in [3.63, 3.8) is 0 Å². The van der Waals surface area contributed by atoms with Crippen LogP contribution in [-0.4, -0.2) is 11.7 Å². The Balaban J connectivity index is 1.22. The Morgan fingerprint density at radius 2 is 1.10 bits per heavy atom. The Morgan fingerprint density at radius 1 is 0.471 bits per heavy atom. The molecule has 0 bridgehead atoms. The lowest BCUT2D eigenvalue weighted by Crippen LogP contribution is -2.34. The molecule has 6 heteroatoms. The van der Waals surface area contributed by atoms with Crippen LogP contribution in [0.1, 0.15) is 22.9 Å². The monoisotopic (exact) mass is 673 g/mol. The van der Waals surface area contributed by atoms with Gasteiger partial charge >= 0.3 is 0 Å². The molecule has 5 nitrogen and oxygen atoms in total. The first kappa shape index (κ1) is 28.3. The van der Waals surface area contributed by atoms with Crippen LogP contribution in [0.25, 0.3) is 75.2 Å². The topological polar surface area (TPSA) is 63.0 Å². The standard InChI is InChI=1S/C45H27N3O2S/c1-2-12-26(13-3-1)43-46-44(32-18-10-21-35-39(32)29-14-4-7-19-33(29)49-35)48-45(47-43)42-28(24-25-36-41(42)30-15-5-8-20-34(30)50-36)27-17-11-23-38-40(27)31-16-6-9-22-37(31)51-38/h1-25,45H,(H,46,47,48). The minimum atomic E-state index is -0.499. The van der Waals surface area contributed by atoms with Gasteiger partial charge in [0.15, 0.2) is 5.84 Å². The number of hydrogen-bond donors (Lipinski definition) is 1. The van der Waals surface area contributed by atoms with Gasteiger partial charge in [-0.25, -0.2) is 9.98 Å². The average Bonchev–Trinajstić information content (AvgIpc) is 3.89. The smallest absolute Gasteiger partial charge is 0.159 e. The summed E-state index contributed by atoms with van der Waals surface area (Å²) >= 11 is 1.83. The first-order valence-electron chi connectivity index (χ1n) is 17.0. The van der Waals surface area contributed by atoms with E-state index in [1.807, 2.05) is 65.9 Å². The Hall–Kier alpha value is -6.50. The maximum atomic E-state index is 6.52. The number of furan rings is 2. The number of rotatable bonds is 4. The van der Waals surface area contributed by atoms with Crippen LogP contribution in [0.5, 0.6) is 0 Å². The largest absolute Gasteiger partial charge is 0.456 e. The molecule has 1 N–H and O–H groups in total. The normalized spacial score (nSPS) is 14.9. The molecule has 0 spiro atoms. The summed E-state index contributed by atoms with van der Waals surface area (Å²) in [4.78, 5) is 10.7. The number of benzene rings is 7. The number of para-hydroxylation sites is 2. The second-order valence-corrected chi connectivity index (χ2v) is 14.0. The molecule has 7 aromatic carbocycles. The van der Waals surface area contributed by atoms with Gasteiger partial charge in [-0.3, -0.25) is 0 Å². The first-order valence-corrected chi connectivity index (χ1v) is 17.8. The second kappa shape index (κ2) is 11.0. The van der Waals surface area contributed by atoms with E-state index < -0.39 is 6.17 Å². The van der Waals surface area contributed by atoms with Crippen molar-refractivity contribution >= 4 is 87.1 Å². The molecular formula is C45H27N3O2S. The predicted molar refractivity (Wildman–Crippen MR) is 211 cm³/mol. The quantitative estimate of drug-likeness (QED) is 0.202. The van der Waals surface area contributed by atoms with Crippen LogP contribution in [0.3, 0.4) is 0 Å². The van der Waals surface area contributed by atoms with Crippen LogP contribution in [-0.2, 0) is 0 Å². The number of thiophene rings is 1. The zero-order valence-electron chi connectivity index (χ0n) is 27.1. The van der Waals surface area contributed by atoms with Crippen molar-refractivity contribution in [3.05, 3.63) is 168 Å². The van der Waals surface area contributed by atoms with Crippen molar-refractivity contribution in [2.24, 2.45) is 9.98 Å². The molecule has 1 unspecified atom stereocenters. The summed E-state index contributed by atoms with van der Waals surface area (Å²) in [5.41, 5.74) is 8.55. The summed E-state index contributed by atoms with van der Waals surface area (Å²) in [6.45, 7) is 0. The van der Waals surface area contributed by atoms with Gasteiger partial charge in [0.1, 0.15) is 34.3 Å². The van der Waals surface area contributed by atoms with Crippen LogP contribution < -0.4 is 5.32 Å². The SMILES string of the molecule is c1ccc(C2=NC(c3c(-c4cccc5sc6ccccc6c45)ccc4oc5ccccc5c34)NC(c3cccc4oc5ccccc5c34)=N2)cc1. The molecule has 1 atom stereocenters.